The standard InChI is InChI=1S/C32H36N6O/c1-6-27(23-13-14-35-31-25(23)19-28(36-31)24-9-7-8-10-29(24)39-5)37-32(38-17-15-34-16-18-38)30(21(2)3)26(20-33-4)22-11-12-22/h7-10,13-14,19-20,22,34H,1-2,11-12,15-18H2,3-5H3,(H,35,36). The Labute approximate surface area is 230 Å². The molecule has 0 bridgehead atoms. The number of methoxy groups -OCH3 is 1. The number of hydrogen-bond acceptors (Lipinski definition) is 5. The van der Waals surface area contributed by atoms with Crippen molar-refractivity contribution in [2.45, 2.75) is 19.8 Å². The first-order chi connectivity index (χ1) is 19.0. The summed E-state index contributed by atoms with van der Waals surface area (Å²) in [4.78, 5) is 20.1. The van der Waals surface area contributed by atoms with Crippen LogP contribution in [0.1, 0.15) is 25.3 Å². The Kier molecular flexibility index (Phi) is 7.92. The molecule has 2 N–H and O–H groups in total. The molecule has 39 heavy (non-hydrogen) atoms. The number of ether oxygens (including phenoxy) is 1. The van der Waals surface area contributed by atoms with E-state index in [-0.39, 0.29) is 0 Å². The van der Waals surface area contributed by atoms with E-state index in [2.05, 4.69) is 57.1 Å². The third-order valence-electron chi connectivity index (χ3n) is 7.21. The molecule has 0 amide bonds. The zero-order chi connectivity index (χ0) is 27.4. The number of amidine groups is 1. The molecule has 3 aromatic rings. The molecule has 0 unspecified atom stereocenters. The minimum Gasteiger partial charge on any atom is -0.496 e. The lowest BCUT2D eigenvalue weighted by atomic mass is 9.96. The summed E-state index contributed by atoms with van der Waals surface area (Å²) >= 11 is 0. The fourth-order valence-corrected chi connectivity index (χ4v) is 5.18. The van der Waals surface area contributed by atoms with Gasteiger partial charge in [0.1, 0.15) is 22.9 Å². The molecule has 2 aromatic heterocycles. The van der Waals surface area contributed by atoms with E-state index < -0.39 is 0 Å². The lowest BCUT2D eigenvalue weighted by Crippen LogP contribution is -2.47. The number of hydrogen-bond donors (Lipinski definition) is 2. The van der Waals surface area contributed by atoms with Crippen LogP contribution in [0, 0.1) is 5.92 Å². The van der Waals surface area contributed by atoms with Gasteiger partial charge in [0.05, 0.1) is 12.8 Å². The maximum atomic E-state index is 5.61. The number of aromatic nitrogens is 2. The van der Waals surface area contributed by atoms with Crippen LogP contribution in [0.5, 0.6) is 5.75 Å². The van der Waals surface area contributed by atoms with Gasteiger partial charge in [-0.2, -0.15) is 0 Å². The summed E-state index contributed by atoms with van der Waals surface area (Å²) in [6.07, 6.45) is 6.12. The Bertz CT molecular complexity index is 1520. The molecular formula is C32H36N6O. The van der Waals surface area contributed by atoms with Crippen LogP contribution in [0.2, 0.25) is 0 Å². The molecule has 7 nitrogen and oxygen atoms in total. The Balaban J connectivity index is 1.67. The average molecular weight is 521 g/mol. The number of rotatable bonds is 8. The quantitative estimate of drug-likeness (QED) is 0.174. The number of aliphatic imine (C=N–C) groups is 2. The van der Waals surface area contributed by atoms with Crippen molar-refractivity contribution in [3.05, 3.63) is 83.8 Å². The average Bonchev–Trinajstić information content (AvgIpc) is 3.72. The van der Waals surface area contributed by atoms with Gasteiger partial charge in [-0.1, -0.05) is 25.3 Å². The van der Waals surface area contributed by atoms with Crippen molar-refractivity contribution in [3.63, 3.8) is 0 Å². The van der Waals surface area contributed by atoms with Crippen LogP contribution in [0.25, 0.3) is 28.0 Å². The third-order valence-corrected chi connectivity index (χ3v) is 7.21. The highest BCUT2D eigenvalue weighted by Crippen LogP contribution is 2.40. The minimum atomic E-state index is 0.491. The number of nitrogens with zero attached hydrogens (tertiary/aromatic N) is 4. The lowest BCUT2D eigenvalue weighted by Gasteiger charge is -2.32. The van der Waals surface area contributed by atoms with E-state index in [9.17, 15) is 0 Å². The monoisotopic (exact) mass is 520 g/mol. The summed E-state index contributed by atoms with van der Waals surface area (Å²) < 4.78 is 5.61. The molecule has 1 aliphatic heterocycles. The second kappa shape index (κ2) is 11.7. The fraction of sp³-hybridized carbons (Fsp3) is 0.312. The van der Waals surface area contributed by atoms with Crippen molar-refractivity contribution < 1.29 is 4.74 Å². The Hall–Kier alpha value is -4.19. The molecule has 0 spiro atoms. The number of fused-ring (bicyclic) bond motifs is 1. The summed E-state index contributed by atoms with van der Waals surface area (Å²) in [6, 6.07) is 12.0. The van der Waals surface area contributed by atoms with Gasteiger partial charge in [-0.25, -0.2) is 9.98 Å². The first kappa shape index (κ1) is 26.4. The Morgan fingerprint density at radius 2 is 1.97 bits per heavy atom. The van der Waals surface area contributed by atoms with Gasteiger partial charge in [0.15, 0.2) is 0 Å². The molecule has 2 aliphatic rings. The molecule has 0 atom stereocenters. The zero-order valence-electron chi connectivity index (χ0n) is 23.1. The second-order valence-electron chi connectivity index (χ2n) is 9.97. The number of allylic oxidation sites excluding steroid dienone is 1. The summed E-state index contributed by atoms with van der Waals surface area (Å²) in [5.74, 6) is 2.19. The van der Waals surface area contributed by atoms with Crippen molar-refractivity contribution in [2.24, 2.45) is 15.9 Å². The molecule has 5 rings (SSSR count). The van der Waals surface area contributed by atoms with E-state index in [0.29, 0.717) is 11.6 Å². The molecule has 3 heterocycles. The number of H-pyrrole nitrogens is 1. The highest BCUT2D eigenvalue weighted by atomic mass is 16.5. The molecule has 0 radical (unpaired) electrons. The number of piperazine rings is 1. The molecule has 2 fully saturated rings. The predicted molar refractivity (Wildman–Crippen MR) is 161 cm³/mol. The van der Waals surface area contributed by atoms with E-state index in [1.54, 1.807) is 13.3 Å². The number of benzene rings is 1. The van der Waals surface area contributed by atoms with E-state index in [1.165, 1.54) is 5.57 Å². The van der Waals surface area contributed by atoms with Crippen LogP contribution >= 0.6 is 0 Å². The number of nitrogens with one attached hydrogen (secondary N) is 2. The maximum absolute atomic E-state index is 5.61. The molecule has 1 aliphatic carbocycles. The summed E-state index contributed by atoms with van der Waals surface area (Å²) in [5, 5.41) is 4.41. The second-order valence-corrected chi connectivity index (χ2v) is 9.97. The van der Waals surface area contributed by atoms with Crippen LogP contribution in [0.3, 0.4) is 0 Å². The van der Waals surface area contributed by atoms with Crippen LogP contribution in [0.4, 0.5) is 0 Å². The lowest BCUT2D eigenvalue weighted by molar-refractivity contribution is 0.357. The minimum absolute atomic E-state index is 0.491. The molecule has 200 valence electrons. The van der Waals surface area contributed by atoms with Crippen molar-refractivity contribution in [2.75, 3.05) is 40.3 Å². The molecule has 7 heteroatoms. The predicted octanol–water partition coefficient (Wildman–Crippen LogP) is 5.65. The van der Waals surface area contributed by atoms with Crippen LogP contribution in [-0.4, -0.2) is 67.3 Å². The van der Waals surface area contributed by atoms with Gasteiger partial charge in [-0.05, 0) is 61.1 Å². The number of aromatic amines is 1. The van der Waals surface area contributed by atoms with Gasteiger partial charge in [-0.3, -0.25) is 4.99 Å². The van der Waals surface area contributed by atoms with Gasteiger partial charge in [-0.15, -0.1) is 5.73 Å². The van der Waals surface area contributed by atoms with Gasteiger partial charge in [0.2, 0.25) is 0 Å². The normalized spacial score (nSPS) is 16.8. The summed E-state index contributed by atoms with van der Waals surface area (Å²) in [5.41, 5.74) is 10.7. The highest BCUT2D eigenvalue weighted by Gasteiger charge is 2.31. The van der Waals surface area contributed by atoms with Crippen LogP contribution in [-0.2, 0) is 0 Å². The number of pyridine rings is 1. The Morgan fingerprint density at radius 1 is 1.21 bits per heavy atom. The van der Waals surface area contributed by atoms with Crippen molar-refractivity contribution in [1.82, 2.24) is 20.2 Å². The van der Waals surface area contributed by atoms with Crippen LogP contribution in [0.15, 0.2) is 88.2 Å². The van der Waals surface area contributed by atoms with Crippen LogP contribution < -0.4 is 10.1 Å². The van der Waals surface area contributed by atoms with E-state index in [0.717, 1.165) is 89.6 Å². The SMILES string of the molecule is C=C=C(N=C(C(C(=C)C)=C(C=NC)C1CC1)N1CCNCC1)c1ccnc2[nH]c(-c3ccccc3OC)cc12. The third kappa shape index (κ3) is 5.51. The highest BCUT2D eigenvalue weighted by molar-refractivity contribution is 6.09. The van der Waals surface area contributed by atoms with E-state index in [1.807, 2.05) is 43.6 Å². The summed E-state index contributed by atoms with van der Waals surface area (Å²) in [7, 11) is 3.51. The molecule has 1 aromatic carbocycles. The number of para-hydroxylation sites is 1. The zero-order valence-corrected chi connectivity index (χ0v) is 23.1. The maximum Gasteiger partial charge on any atom is 0.138 e. The van der Waals surface area contributed by atoms with E-state index in [4.69, 9.17) is 9.73 Å². The van der Waals surface area contributed by atoms with E-state index >= 15 is 0 Å². The van der Waals surface area contributed by atoms with Crippen molar-refractivity contribution >= 4 is 28.8 Å². The molecule has 1 saturated heterocycles. The van der Waals surface area contributed by atoms with Crippen molar-refractivity contribution in [3.8, 4) is 17.0 Å². The van der Waals surface area contributed by atoms with Gasteiger partial charge < -0.3 is 19.9 Å². The Morgan fingerprint density at radius 3 is 2.64 bits per heavy atom. The first-order valence-electron chi connectivity index (χ1n) is 13.4. The smallest absolute Gasteiger partial charge is 0.138 e. The summed E-state index contributed by atoms with van der Waals surface area (Å²) in [6.45, 7) is 14.0. The molecular weight excluding hydrogens is 484 g/mol. The van der Waals surface area contributed by atoms with Gasteiger partial charge in [0.25, 0.3) is 0 Å². The van der Waals surface area contributed by atoms with Gasteiger partial charge >= 0.3 is 0 Å². The topological polar surface area (TPSA) is 77.9 Å². The fourth-order valence-electron chi connectivity index (χ4n) is 5.18. The van der Waals surface area contributed by atoms with Gasteiger partial charge in [0, 0.05) is 67.7 Å². The first-order valence-corrected chi connectivity index (χ1v) is 13.4. The largest absolute Gasteiger partial charge is 0.496 e. The van der Waals surface area contributed by atoms with Crippen molar-refractivity contribution in [1.29, 1.82) is 0 Å². The molecule has 1 saturated carbocycles.